The van der Waals surface area contributed by atoms with E-state index in [1.165, 1.54) is 5.56 Å². The molecule has 2 unspecified atom stereocenters. The Kier molecular flexibility index (Phi) is 4.96. The molecular weight excluding hydrogens is 344 g/mol. The Hall–Kier alpha value is -2.64. The molecule has 2 saturated heterocycles. The number of benzene rings is 1. The molecule has 0 bridgehead atoms. The van der Waals surface area contributed by atoms with E-state index in [2.05, 4.69) is 9.88 Å². The number of nitrogens with zero attached hydrogens (tertiary/aromatic N) is 2. The van der Waals surface area contributed by atoms with Gasteiger partial charge in [-0.15, -0.1) is 0 Å². The zero-order valence-electron chi connectivity index (χ0n) is 15.1. The van der Waals surface area contributed by atoms with E-state index in [0.717, 1.165) is 44.2 Å². The summed E-state index contributed by atoms with van der Waals surface area (Å²) in [6.07, 6.45) is 1.92. The highest BCUT2D eigenvalue weighted by Crippen LogP contribution is 2.40. The first-order valence-corrected chi connectivity index (χ1v) is 9.27. The van der Waals surface area contributed by atoms with Crippen molar-refractivity contribution in [2.75, 3.05) is 31.2 Å². The lowest BCUT2D eigenvalue weighted by atomic mass is 9.97. The first kappa shape index (κ1) is 17.8. The number of nitrogens with one attached hydrogen (secondary N) is 1. The average Bonchev–Trinajstić information content (AvgIpc) is 3.31. The lowest BCUT2D eigenvalue weighted by Gasteiger charge is -2.28. The monoisotopic (exact) mass is 368 g/mol. The number of anilines is 1. The Bertz CT molecular complexity index is 797. The zero-order valence-corrected chi connectivity index (χ0v) is 15.1. The van der Waals surface area contributed by atoms with E-state index in [0.29, 0.717) is 0 Å². The number of rotatable bonds is 5. The molecule has 0 saturated carbocycles. The van der Waals surface area contributed by atoms with Crippen LogP contribution in [0.15, 0.2) is 42.6 Å². The van der Waals surface area contributed by atoms with Gasteiger partial charge in [0, 0.05) is 43.6 Å². The minimum Gasteiger partial charge on any atom is -0.379 e. The van der Waals surface area contributed by atoms with Crippen LogP contribution >= 0.6 is 0 Å². The molecule has 2 atom stereocenters. The van der Waals surface area contributed by atoms with Crippen LogP contribution in [-0.2, 0) is 20.9 Å². The molecule has 1 aromatic carbocycles. The second-order valence-electron chi connectivity index (χ2n) is 7.10. The van der Waals surface area contributed by atoms with Gasteiger partial charge in [0.05, 0.1) is 25.2 Å². The van der Waals surface area contributed by atoms with E-state index < -0.39 is 17.9 Å². The summed E-state index contributed by atoms with van der Waals surface area (Å²) >= 11 is 0. The number of aromatic amines is 1. The summed E-state index contributed by atoms with van der Waals surface area (Å²) in [6, 6.07) is 11.3. The Labute approximate surface area is 158 Å². The smallest absolute Gasteiger partial charge is 0.228 e. The number of carbonyl (C=O) groups is 2. The lowest BCUT2D eigenvalue weighted by molar-refractivity contribution is -0.124. The number of hydrogen-bond donors (Lipinski definition) is 2. The van der Waals surface area contributed by atoms with Gasteiger partial charge in [-0.05, 0) is 29.8 Å². The molecule has 2 fully saturated rings. The normalized spacial score (nSPS) is 23.7. The molecule has 1 aromatic heterocycles. The number of nitrogens with two attached hydrogens (primary N) is 1. The van der Waals surface area contributed by atoms with Crippen LogP contribution in [0, 0.1) is 5.92 Å². The van der Waals surface area contributed by atoms with Gasteiger partial charge >= 0.3 is 0 Å². The summed E-state index contributed by atoms with van der Waals surface area (Å²) in [5.74, 6) is -1.07. The van der Waals surface area contributed by atoms with Crippen LogP contribution in [0.25, 0.3) is 0 Å². The number of carbonyl (C=O) groups excluding carboxylic acids is 2. The van der Waals surface area contributed by atoms with Gasteiger partial charge < -0.3 is 20.4 Å². The Morgan fingerprint density at radius 3 is 2.56 bits per heavy atom. The first-order chi connectivity index (χ1) is 13.1. The summed E-state index contributed by atoms with van der Waals surface area (Å²) < 4.78 is 5.39. The van der Waals surface area contributed by atoms with Gasteiger partial charge in [0.2, 0.25) is 11.8 Å². The van der Waals surface area contributed by atoms with E-state index >= 15 is 0 Å². The molecular formula is C20H24N4O3. The van der Waals surface area contributed by atoms with Gasteiger partial charge in [-0.1, -0.05) is 12.1 Å². The quantitative estimate of drug-likeness (QED) is 0.835. The molecule has 7 heteroatoms. The maximum Gasteiger partial charge on any atom is 0.228 e. The maximum atomic E-state index is 12.7. The molecule has 27 heavy (non-hydrogen) atoms. The fourth-order valence-corrected chi connectivity index (χ4v) is 3.96. The van der Waals surface area contributed by atoms with E-state index in [1.54, 1.807) is 11.1 Å². The number of aromatic nitrogens is 1. The topological polar surface area (TPSA) is 91.7 Å². The third kappa shape index (κ3) is 3.61. The number of primary amides is 1. The minimum atomic E-state index is -0.538. The van der Waals surface area contributed by atoms with Crippen LogP contribution in [0.1, 0.15) is 23.7 Å². The highest BCUT2D eigenvalue weighted by Gasteiger charge is 2.44. The third-order valence-electron chi connectivity index (χ3n) is 5.35. The predicted molar refractivity (Wildman–Crippen MR) is 101 cm³/mol. The number of morpholine rings is 1. The lowest BCUT2D eigenvalue weighted by Crippen LogP contribution is -2.35. The molecule has 3 heterocycles. The molecule has 2 aliphatic rings. The van der Waals surface area contributed by atoms with Crippen molar-refractivity contribution in [2.24, 2.45) is 11.7 Å². The Morgan fingerprint density at radius 1 is 1.19 bits per heavy atom. The summed E-state index contributed by atoms with van der Waals surface area (Å²) in [5.41, 5.74) is 8.38. The standard InChI is InChI=1S/C20H24N4O3/c21-20(26)16-12-18(25)24(19(16)17-2-1-7-22-17)15-5-3-14(4-6-15)13-23-8-10-27-11-9-23/h1-7,16,19,22H,8-13H2,(H2,21,26). The van der Waals surface area contributed by atoms with Crippen LogP contribution < -0.4 is 10.6 Å². The molecule has 2 aromatic rings. The highest BCUT2D eigenvalue weighted by atomic mass is 16.5. The Balaban J connectivity index is 1.57. The number of amides is 2. The summed E-state index contributed by atoms with van der Waals surface area (Å²) in [7, 11) is 0. The summed E-state index contributed by atoms with van der Waals surface area (Å²) in [4.78, 5) is 31.8. The molecule has 4 rings (SSSR count). The molecule has 2 amide bonds. The van der Waals surface area contributed by atoms with E-state index in [4.69, 9.17) is 10.5 Å². The minimum absolute atomic E-state index is 0.0840. The van der Waals surface area contributed by atoms with Crippen molar-refractivity contribution < 1.29 is 14.3 Å². The van der Waals surface area contributed by atoms with Crippen LogP contribution in [0.2, 0.25) is 0 Å². The summed E-state index contributed by atoms with van der Waals surface area (Å²) in [5, 5.41) is 0. The van der Waals surface area contributed by atoms with Gasteiger partial charge in [0.1, 0.15) is 0 Å². The second kappa shape index (κ2) is 7.54. The van der Waals surface area contributed by atoms with Gasteiger partial charge in [-0.3, -0.25) is 14.5 Å². The molecule has 2 aliphatic heterocycles. The molecule has 7 nitrogen and oxygen atoms in total. The van der Waals surface area contributed by atoms with Gasteiger partial charge in [-0.2, -0.15) is 0 Å². The first-order valence-electron chi connectivity index (χ1n) is 9.27. The maximum absolute atomic E-state index is 12.7. The number of H-pyrrole nitrogens is 1. The van der Waals surface area contributed by atoms with Gasteiger partial charge in [-0.25, -0.2) is 0 Å². The van der Waals surface area contributed by atoms with Gasteiger partial charge in [0.15, 0.2) is 0 Å². The molecule has 3 N–H and O–H groups in total. The SMILES string of the molecule is NC(=O)C1CC(=O)N(c2ccc(CN3CCOCC3)cc2)C1c1ccc[nH]1. The zero-order chi connectivity index (χ0) is 18.8. The predicted octanol–water partition coefficient (Wildman–Crippen LogP) is 1.43. The number of hydrogen-bond acceptors (Lipinski definition) is 4. The fourth-order valence-electron chi connectivity index (χ4n) is 3.96. The van der Waals surface area contributed by atoms with Crippen molar-refractivity contribution >= 4 is 17.5 Å². The van der Waals surface area contributed by atoms with Crippen molar-refractivity contribution in [3.8, 4) is 0 Å². The van der Waals surface area contributed by atoms with Crippen molar-refractivity contribution in [3.05, 3.63) is 53.9 Å². The average molecular weight is 368 g/mol. The Morgan fingerprint density at radius 2 is 1.93 bits per heavy atom. The number of ether oxygens (including phenoxy) is 1. The third-order valence-corrected chi connectivity index (χ3v) is 5.35. The van der Waals surface area contributed by atoms with Crippen molar-refractivity contribution in [3.63, 3.8) is 0 Å². The van der Waals surface area contributed by atoms with Crippen molar-refractivity contribution in [1.82, 2.24) is 9.88 Å². The molecule has 0 radical (unpaired) electrons. The largest absolute Gasteiger partial charge is 0.379 e. The second-order valence-corrected chi connectivity index (χ2v) is 7.10. The van der Waals surface area contributed by atoms with Crippen LogP contribution in [0.3, 0.4) is 0 Å². The van der Waals surface area contributed by atoms with E-state index in [1.807, 2.05) is 36.4 Å². The van der Waals surface area contributed by atoms with Gasteiger partial charge in [0.25, 0.3) is 0 Å². The molecule has 142 valence electrons. The van der Waals surface area contributed by atoms with E-state index in [-0.39, 0.29) is 12.3 Å². The van der Waals surface area contributed by atoms with Crippen LogP contribution in [0.5, 0.6) is 0 Å². The van der Waals surface area contributed by atoms with E-state index in [9.17, 15) is 9.59 Å². The van der Waals surface area contributed by atoms with Crippen LogP contribution in [-0.4, -0.2) is 48.0 Å². The molecule has 0 aliphatic carbocycles. The fraction of sp³-hybridized carbons (Fsp3) is 0.400. The van der Waals surface area contributed by atoms with Crippen molar-refractivity contribution in [2.45, 2.75) is 19.0 Å². The highest BCUT2D eigenvalue weighted by molar-refractivity contribution is 6.01. The molecule has 0 spiro atoms. The summed E-state index contributed by atoms with van der Waals surface area (Å²) in [6.45, 7) is 4.27. The van der Waals surface area contributed by atoms with Crippen LogP contribution in [0.4, 0.5) is 5.69 Å². The van der Waals surface area contributed by atoms with Crippen molar-refractivity contribution in [1.29, 1.82) is 0 Å².